The summed E-state index contributed by atoms with van der Waals surface area (Å²) in [6, 6.07) is 5.81. The zero-order chi connectivity index (χ0) is 14.5. The van der Waals surface area contributed by atoms with Gasteiger partial charge in [-0.2, -0.15) is 0 Å². The molecule has 0 saturated carbocycles. The van der Waals surface area contributed by atoms with E-state index in [9.17, 15) is 4.79 Å². The highest BCUT2D eigenvalue weighted by Gasteiger charge is 2.30. The lowest BCUT2D eigenvalue weighted by atomic mass is 9.95. The second-order valence-corrected chi connectivity index (χ2v) is 5.86. The SMILES string of the molecule is CNCc1cc(Br)ccc1OCC(C)(C)C(=O)OC. The lowest BCUT2D eigenvalue weighted by molar-refractivity contribution is -0.152. The van der Waals surface area contributed by atoms with Crippen molar-refractivity contribution in [2.75, 3.05) is 20.8 Å². The maximum atomic E-state index is 11.6. The van der Waals surface area contributed by atoms with Gasteiger partial charge in [-0.15, -0.1) is 0 Å². The van der Waals surface area contributed by atoms with Crippen molar-refractivity contribution in [1.29, 1.82) is 0 Å². The molecule has 0 aromatic heterocycles. The fourth-order valence-electron chi connectivity index (χ4n) is 1.61. The highest BCUT2D eigenvalue weighted by atomic mass is 79.9. The van der Waals surface area contributed by atoms with Crippen molar-refractivity contribution >= 4 is 21.9 Å². The maximum Gasteiger partial charge on any atom is 0.314 e. The summed E-state index contributed by atoms with van der Waals surface area (Å²) in [4.78, 5) is 11.6. The lowest BCUT2D eigenvalue weighted by Crippen LogP contribution is -2.32. The number of benzene rings is 1. The molecule has 1 N–H and O–H groups in total. The van der Waals surface area contributed by atoms with Gasteiger partial charge >= 0.3 is 5.97 Å². The van der Waals surface area contributed by atoms with E-state index in [0.29, 0.717) is 6.54 Å². The summed E-state index contributed by atoms with van der Waals surface area (Å²) >= 11 is 3.43. The Bertz CT molecular complexity index is 446. The van der Waals surface area contributed by atoms with Crippen LogP contribution in [0.3, 0.4) is 0 Å². The van der Waals surface area contributed by atoms with Crippen LogP contribution >= 0.6 is 15.9 Å². The van der Waals surface area contributed by atoms with Gasteiger partial charge < -0.3 is 14.8 Å². The van der Waals surface area contributed by atoms with Crippen LogP contribution in [0.2, 0.25) is 0 Å². The van der Waals surface area contributed by atoms with E-state index in [1.807, 2.05) is 25.2 Å². The monoisotopic (exact) mass is 329 g/mol. The summed E-state index contributed by atoms with van der Waals surface area (Å²) < 4.78 is 11.5. The van der Waals surface area contributed by atoms with E-state index in [2.05, 4.69) is 21.2 Å². The summed E-state index contributed by atoms with van der Waals surface area (Å²) in [7, 11) is 3.26. The highest BCUT2D eigenvalue weighted by Crippen LogP contribution is 2.26. The van der Waals surface area contributed by atoms with E-state index in [-0.39, 0.29) is 12.6 Å². The van der Waals surface area contributed by atoms with Gasteiger partial charge in [0.25, 0.3) is 0 Å². The minimum Gasteiger partial charge on any atom is -0.492 e. The molecule has 5 heteroatoms. The van der Waals surface area contributed by atoms with Crippen LogP contribution in [0.5, 0.6) is 5.75 Å². The quantitative estimate of drug-likeness (QED) is 0.815. The van der Waals surface area contributed by atoms with Crippen molar-refractivity contribution < 1.29 is 14.3 Å². The molecule has 0 aliphatic rings. The van der Waals surface area contributed by atoms with Crippen LogP contribution in [0.25, 0.3) is 0 Å². The third-order valence-corrected chi connectivity index (χ3v) is 3.21. The number of esters is 1. The number of carbonyl (C=O) groups excluding carboxylic acids is 1. The summed E-state index contributed by atoms with van der Waals surface area (Å²) in [5, 5.41) is 3.09. The Kier molecular flexibility index (Phi) is 5.82. The summed E-state index contributed by atoms with van der Waals surface area (Å²) in [5.41, 5.74) is 0.371. The number of hydrogen-bond acceptors (Lipinski definition) is 4. The van der Waals surface area contributed by atoms with Gasteiger partial charge in [0.05, 0.1) is 12.5 Å². The van der Waals surface area contributed by atoms with Gasteiger partial charge in [0.2, 0.25) is 0 Å². The van der Waals surface area contributed by atoms with Crippen molar-refractivity contribution in [2.24, 2.45) is 5.41 Å². The Morgan fingerprint density at radius 2 is 2.11 bits per heavy atom. The fraction of sp³-hybridized carbons (Fsp3) is 0.500. The van der Waals surface area contributed by atoms with E-state index in [4.69, 9.17) is 9.47 Å². The normalized spacial score (nSPS) is 11.2. The third kappa shape index (κ3) is 4.51. The smallest absolute Gasteiger partial charge is 0.314 e. The van der Waals surface area contributed by atoms with Crippen LogP contribution in [0, 0.1) is 5.41 Å². The number of ether oxygens (including phenoxy) is 2. The molecule has 0 amide bonds. The number of carbonyl (C=O) groups is 1. The van der Waals surface area contributed by atoms with Crippen LogP contribution in [0.1, 0.15) is 19.4 Å². The third-order valence-electron chi connectivity index (χ3n) is 2.72. The van der Waals surface area contributed by atoms with Gasteiger partial charge in [0.1, 0.15) is 12.4 Å². The molecule has 0 unspecified atom stereocenters. The first-order valence-corrected chi connectivity index (χ1v) is 6.84. The minimum atomic E-state index is -0.668. The second kappa shape index (κ2) is 6.91. The highest BCUT2D eigenvalue weighted by molar-refractivity contribution is 9.10. The zero-order valence-electron chi connectivity index (χ0n) is 11.7. The number of nitrogens with one attached hydrogen (secondary N) is 1. The molecule has 0 aliphatic heterocycles. The molecule has 0 heterocycles. The molecule has 0 spiro atoms. The van der Waals surface area contributed by atoms with Gasteiger partial charge in [-0.05, 0) is 39.1 Å². The standard InChI is InChI=1S/C14H20BrNO3/c1-14(2,13(17)18-4)9-19-12-6-5-11(15)7-10(12)8-16-3/h5-7,16H,8-9H2,1-4H3. The Labute approximate surface area is 122 Å². The maximum absolute atomic E-state index is 11.6. The van der Waals surface area contributed by atoms with E-state index in [1.165, 1.54) is 7.11 Å². The van der Waals surface area contributed by atoms with Gasteiger partial charge in [-0.25, -0.2) is 0 Å². The minimum absolute atomic E-state index is 0.276. The molecule has 4 nitrogen and oxygen atoms in total. The van der Waals surface area contributed by atoms with E-state index in [0.717, 1.165) is 15.8 Å². The summed E-state index contributed by atoms with van der Waals surface area (Å²) in [6.07, 6.45) is 0. The van der Waals surface area contributed by atoms with Crippen molar-refractivity contribution in [3.05, 3.63) is 28.2 Å². The molecule has 106 valence electrons. The molecule has 0 bridgehead atoms. The molecule has 1 rings (SSSR count). The summed E-state index contributed by atoms with van der Waals surface area (Å²) in [5.74, 6) is 0.495. The van der Waals surface area contributed by atoms with Crippen molar-refractivity contribution in [3.63, 3.8) is 0 Å². The van der Waals surface area contributed by atoms with Crippen LogP contribution in [0.4, 0.5) is 0 Å². The van der Waals surface area contributed by atoms with Crippen LogP contribution in [0.15, 0.2) is 22.7 Å². The van der Waals surface area contributed by atoms with E-state index in [1.54, 1.807) is 13.8 Å². The van der Waals surface area contributed by atoms with Crippen LogP contribution in [-0.2, 0) is 16.1 Å². The topological polar surface area (TPSA) is 47.6 Å². The molecular weight excluding hydrogens is 310 g/mol. The first kappa shape index (κ1) is 16.0. The van der Waals surface area contributed by atoms with Crippen LogP contribution < -0.4 is 10.1 Å². The molecule has 0 fully saturated rings. The van der Waals surface area contributed by atoms with Crippen molar-refractivity contribution in [2.45, 2.75) is 20.4 Å². The average molecular weight is 330 g/mol. The summed E-state index contributed by atoms with van der Waals surface area (Å²) in [6.45, 7) is 4.58. The van der Waals surface area contributed by atoms with Gasteiger partial charge in [0.15, 0.2) is 0 Å². The molecule has 1 aromatic rings. The van der Waals surface area contributed by atoms with E-state index < -0.39 is 5.41 Å². The number of methoxy groups -OCH3 is 1. The Hall–Kier alpha value is -1.07. The molecule has 1 aromatic carbocycles. The van der Waals surface area contributed by atoms with Crippen molar-refractivity contribution in [3.8, 4) is 5.75 Å². The van der Waals surface area contributed by atoms with Gasteiger partial charge in [-0.1, -0.05) is 15.9 Å². The molecule has 0 radical (unpaired) electrons. The average Bonchev–Trinajstić information content (AvgIpc) is 2.37. The molecule has 0 saturated heterocycles. The van der Waals surface area contributed by atoms with Gasteiger partial charge in [-0.3, -0.25) is 4.79 Å². The zero-order valence-corrected chi connectivity index (χ0v) is 13.3. The Morgan fingerprint density at radius 3 is 2.68 bits per heavy atom. The lowest BCUT2D eigenvalue weighted by Gasteiger charge is -2.22. The second-order valence-electron chi connectivity index (χ2n) is 4.95. The first-order valence-electron chi connectivity index (χ1n) is 6.05. The Morgan fingerprint density at radius 1 is 1.42 bits per heavy atom. The largest absolute Gasteiger partial charge is 0.492 e. The predicted molar refractivity (Wildman–Crippen MR) is 78.2 cm³/mol. The number of hydrogen-bond donors (Lipinski definition) is 1. The fourth-order valence-corrected chi connectivity index (χ4v) is 2.02. The molecular formula is C14H20BrNO3. The molecule has 19 heavy (non-hydrogen) atoms. The predicted octanol–water partition coefficient (Wildman–Crippen LogP) is 2.75. The molecule has 0 atom stereocenters. The van der Waals surface area contributed by atoms with Crippen molar-refractivity contribution in [1.82, 2.24) is 5.32 Å². The van der Waals surface area contributed by atoms with E-state index >= 15 is 0 Å². The Balaban J connectivity index is 2.80. The number of rotatable bonds is 6. The van der Waals surface area contributed by atoms with Gasteiger partial charge in [0, 0.05) is 16.6 Å². The first-order chi connectivity index (χ1) is 8.90. The number of halogens is 1. The van der Waals surface area contributed by atoms with Crippen LogP contribution in [-0.4, -0.2) is 26.7 Å². The molecule has 0 aliphatic carbocycles.